The number of hydrogen-bond acceptors (Lipinski definition) is 6. The molecule has 10 heteroatoms. The van der Waals surface area contributed by atoms with E-state index in [1.165, 1.54) is 0 Å². The lowest BCUT2D eigenvalue weighted by Gasteiger charge is -2.56. The van der Waals surface area contributed by atoms with Crippen LogP contribution in [0.4, 0.5) is 0 Å². The zero-order valence-corrected chi connectivity index (χ0v) is 16.6. The summed E-state index contributed by atoms with van der Waals surface area (Å²) in [6.45, 7) is 0. The fourth-order valence-corrected chi connectivity index (χ4v) is 8.30. The van der Waals surface area contributed by atoms with E-state index in [9.17, 15) is 19.2 Å². The number of hydrogen-bond donors (Lipinski definition) is 0. The van der Waals surface area contributed by atoms with Crippen LogP contribution in [0.3, 0.4) is 0 Å². The van der Waals surface area contributed by atoms with Crippen LogP contribution in [-0.2, 0) is 28.7 Å². The van der Waals surface area contributed by atoms with Crippen molar-refractivity contribution in [2.75, 3.05) is 0 Å². The number of esters is 4. The van der Waals surface area contributed by atoms with Crippen molar-refractivity contribution in [1.29, 1.82) is 0 Å². The molecule has 2 aliphatic heterocycles. The largest absolute Gasteiger partial charge is 0.393 e. The zero-order chi connectivity index (χ0) is 16.2. The van der Waals surface area contributed by atoms with Crippen LogP contribution >= 0.6 is 63.7 Å². The summed E-state index contributed by atoms with van der Waals surface area (Å²) in [6, 6.07) is 0. The molecule has 116 valence electrons. The predicted molar refractivity (Wildman–Crippen MR) is 84.4 cm³/mol. The summed E-state index contributed by atoms with van der Waals surface area (Å²) in [5, 5.41) is 0. The number of carbonyl (C=O) groups excluding carboxylic acids is 4. The molecule has 0 aromatic carbocycles. The summed E-state index contributed by atoms with van der Waals surface area (Å²) < 4.78 is 8.01. The van der Waals surface area contributed by atoms with Gasteiger partial charge in [-0.2, -0.15) is 0 Å². The summed E-state index contributed by atoms with van der Waals surface area (Å²) in [7, 11) is 0. The predicted octanol–water partition coefficient (Wildman–Crippen LogP) is 1.91. The highest BCUT2D eigenvalue weighted by Crippen LogP contribution is 2.72. The number of allylic oxidation sites excluding steroid dienone is 2. The molecule has 2 bridgehead atoms. The topological polar surface area (TPSA) is 86.7 Å². The van der Waals surface area contributed by atoms with E-state index in [4.69, 9.17) is 9.47 Å². The summed E-state index contributed by atoms with van der Waals surface area (Å²) in [5.41, 5.74) is 0. The fourth-order valence-electron chi connectivity index (χ4n) is 3.92. The Morgan fingerprint density at radius 3 is 1.09 bits per heavy atom. The van der Waals surface area contributed by atoms with Crippen LogP contribution in [0.25, 0.3) is 0 Å². The highest BCUT2D eigenvalue weighted by atomic mass is 79.9. The molecule has 1 saturated carbocycles. The first-order valence-electron chi connectivity index (χ1n) is 6.11. The summed E-state index contributed by atoms with van der Waals surface area (Å²) in [4.78, 5) is 48.8. The Balaban J connectivity index is 2.10. The van der Waals surface area contributed by atoms with Crippen molar-refractivity contribution in [3.63, 3.8) is 0 Å². The molecular weight excluding hydrogens is 560 g/mol. The zero-order valence-electron chi connectivity index (χ0n) is 10.3. The van der Waals surface area contributed by atoms with Crippen LogP contribution < -0.4 is 0 Å². The van der Waals surface area contributed by atoms with Crippen LogP contribution in [0, 0.1) is 23.7 Å². The van der Waals surface area contributed by atoms with Crippen molar-refractivity contribution in [1.82, 2.24) is 0 Å². The van der Waals surface area contributed by atoms with E-state index in [0.29, 0.717) is 8.96 Å². The third-order valence-electron chi connectivity index (χ3n) is 4.76. The normalized spacial score (nSPS) is 49.3. The number of alkyl halides is 2. The smallest absolute Gasteiger partial charge is 0.319 e. The minimum atomic E-state index is -1.26. The van der Waals surface area contributed by atoms with Gasteiger partial charge in [0.2, 0.25) is 0 Å². The van der Waals surface area contributed by atoms with Crippen LogP contribution in [0.1, 0.15) is 0 Å². The number of halogens is 4. The van der Waals surface area contributed by atoms with Crippen LogP contribution in [0.5, 0.6) is 0 Å². The van der Waals surface area contributed by atoms with Gasteiger partial charge in [0, 0.05) is 8.96 Å². The van der Waals surface area contributed by atoms with E-state index in [0.717, 1.165) is 0 Å². The number of cyclic esters (lactones) is 4. The van der Waals surface area contributed by atoms with Crippen LogP contribution in [0.15, 0.2) is 8.96 Å². The Morgan fingerprint density at radius 1 is 0.636 bits per heavy atom. The Hall–Kier alpha value is -0.0600. The molecule has 6 nitrogen and oxygen atoms in total. The fraction of sp³-hybridized carbons (Fsp3) is 0.500. The van der Waals surface area contributed by atoms with E-state index in [-0.39, 0.29) is 0 Å². The second-order valence-corrected chi connectivity index (χ2v) is 9.77. The van der Waals surface area contributed by atoms with E-state index in [1.54, 1.807) is 0 Å². The van der Waals surface area contributed by atoms with Crippen LogP contribution in [-0.4, -0.2) is 32.5 Å². The van der Waals surface area contributed by atoms with Crippen molar-refractivity contribution in [3.05, 3.63) is 8.96 Å². The maximum absolute atomic E-state index is 12.2. The summed E-state index contributed by atoms with van der Waals surface area (Å²) in [5.74, 6) is -6.64. The molecule has 0 spiro atoms. The average Bonchev–Trinajstić information content (AvgIpc) is 2.91. The molecular formula is C12H4Br4O6. The Bertz CT molecular complexity index is 627. The minimum Gasteiger partial charge on any atom is -0.393 e. The quantitative estimate of drug-likeness (QED) is 0.254. The van der Waals surface area contributed by atoms with Crippen molar-refractivity contribution >= 4 is 87.6 Å². The van der Waals surface area contributed by atoms with Crippen molar-refractivity contribution in [2.45, 2.75) is 8.65 Å². The van der Waals surface area contributed by atoms with Crippen molar-refractivity contribution in [2.24, 2.45) is 23.7 Å². The van der Waals surface area contributed by atoms with Gasteiger partial charge in [-0.3, -0.25) is 19.2 Å². The van der Waals surface area contributed by atoms with Gasteiger partial charge in [-0.25, -0.2) is 0 Å². The maximum atomic E-state index is 12.2. The molecule has 2 heterocycles. The third-order valence-corrected chi connectivity index (χ3v) is 11.2. The molecule has 0 aromatic rings. The third kappa shape index (κ3) is 1.38. The molecule has 22 heavy (non-hydrogen) atoms. The highest BCUT2D eigenvalue weighted by Gasteiger charge is 2.81. The van der Waals surface area contributed by atoms with Crippen LogP contribution in [0.2, 0.25) is 0 Å². The number of ether oxygens (including phenoxy) is 2. The molecule has 4 unspecified atom stereocenters. The van der Waals surface area contributed by atoms with E-state index >= 15 is 0 Å². The van der Waals surface area contributed by atoms with Gasteiger partial charge in [-0.15, -0.1) is 0 Å². The first-order chi connectivity index (χ1) is 10.2. The lowest BCUT2D eigenvalue weighted by Crippen LogP contribution is -2.67. The van der Waals surface area contributed by atoms with Gasteiger partial charge in [-0.05, 0) is 0 Å². The molecule has 0 amide bonds. The average molecular weight is 564 g/mol. The maximum Gasteiger partial charge on any atom is 0.319 e. The van der Waals surface area contributed by atoms with Gasteiger partial charge in [0.1, 0.15) is 0 Å². The Labute approximate surface area is 156 Å². The lowest BCUT2D eigenvalue weighted by molar-refractivity contribution is -0.154. The molecule has 5 rings (SSSR count). The molecule has 3 fully saturated rings. The monoisotopic (exact) mass is 560 g/mol. The second kappa shape index (κ2) is 4.31. The molecule has 0 aromatic heterocycles. The molecule has 5 aliphatic rings. The van der Waals surface area contributed by atoms with Gasteiger partial charge in [-0.1, -0.05) is 63.7 Å². The van der Waals surface area contributed by atoms with E-state index in [2.05, 4.69) is 63.7 Å². The number of rotatable bonds is 0. The number of carbonyl (C=O) groups is 4. The first kappa shape index (κ1) is 15.5. The van der Waals surface area contributed by atoms with E-state index < -0.39 is 56.2 Å². The highest BCUT2D eigenvalue weighted by molar-refractivity contribution is 9.16. The lowest BCUT2D eigenvalue weighted by atomic mass is 9.54. The van der Waals surface area contributed by atoms with Gasteiger partial charge in [0.25, 0.3) is 0 Å². The molecule has 3 aliphatic carbocycles. The van der Waals surface area contributed by atoms with Gasteiger partial charge < -0.3 is 9.47 Å². The first-order valence-corrected chi connectivity index (χ1v) is 9.29. The standard InChI is InChI=1S/C12H4Br4O6/c13-5-6(14)12(16)2-1(7(17)21-8(2)18)11(5,15)3-4(12)10(20)22-9(3)19/h1-4H. The van der Waals surface area contributed by atoms with E-state index in [1.807, 2.05) is 0 Å². The minimum absolute atomic E-state index is 0.484. The SMILES string of the molecule is O=C1OC(=O)C2C1C1(Br)C(Br)=C(Br)C2(Br)C2C(=O)OC(=O)C21. The Kier molecular flexibility index (Phi) is 3.03. The second-order valence-electron chi connectivity index (χ2n) is 5.56. The summed E-state index contributed by atoms with van der Waals surface area (Å²) in [6.07, 6.45) is 0. The molecule has 0 radical (unpaired) electrons. The molecule has 0 N–H and O–H groups in total. The molecule has 4 atom stereocenters. The van der Waals surface area contributed by atoms with Gasteiger partial charge >= 0.3 is 23.9 Å². The summed E-state index contributed by atoms with van der Waals surface area (Å²) >= 11 is 13.7. The van der Waals surface area contributed by atoms with Gasteiger partial charge in [0.05, 0.1) is 32.3 Å². The Morgan fingerprint density at radius 2 is 0.864 bits per heavy atom. The van der Waals surface area contributed by atoms with Crippen molar-refractivity contribution < 1.29 is 28.7 Å². The van der Waals surface area contributed by atoms with Crippen molar-refractivity contribution in [3.8, 4) is 0 Å². The molecule has 2 saturated heterocycles. The van der Waals surface area contributed by atoms with Gasteiger partial charge in [0.15, 0.2) is 0 Å².